The molecule has 0 saturated carbocycles. The second kappa shape index (κ2) is 8.43. The van der Waals surface area contributed by atoms with E-state index in [0.717, 1.165) is 48.8 Å². The van der Waals surface area contributed by atoms with E-state index in [1.807, 2.05) is 40.5 Å². The fourth-order valence-corrected chi connectivity index (χ4v) is 4.34. The van der Waals surface area contributed by atoms with E-state index in [4.69, 9.17) is 0 Å². The molecule has 5 rings (SSSR count). The number of amides is 1. The summed E-state index contributed by atoms with van der Waals surface area (Å²) in [6, 6.07) is 3.67. The summed E-state index contributed by atoms with van der Waals surface area (Å²) in [6.07, 6.45) is 5.69. The Kier molecular flexibility index (Phi) is 5.45. The summed E-state index contributed by atoms with van der Waals surface area (Å²) in [4.78, 5) is 21.9. The number of carbonyl (C=O) groups is 1. The van der Waals surface area contributed by atoms with Crippen molar-refractivity contribution in [3.63, 3.8) is 0 Å². The van der Waals surface area contributed by atoms with Crippen LogP contribution in [0.5, 0.6) is 0 Å². The molecule has 0 aliphatic carbocycles. The van der Waals surface area contributed by atoms with Crippen LogP contribution in [-0.2, 0) is 20.1 Å². The molecule has 33 heavy (non-hydrogen) atoms. The summed E-state index contributed by atoms with van der Waals surface area (Å²) in [6.45, 7) is 10.9. The highest BCUT2D eigenvalue weighted by molar-refractivity contribution is 5.93. The van der Waals surface area contributed by atoms with Gasteiger partial charge in [-0.15, -0.1) is 0 Å². The van der Waals surface area contributed by atoms with Gasteiger partial charge in [-0.2, -0.15) is 15.3 Å². The molecule has 1 aliphatic rings. The van der Waals surface area contributed by atoms with Crippen molar-refractivity contribution < 1.29 is 4.79 Å². The van der Waals surface area contributed by atoms with E-state index in [0.29, 0.717) is 24.4 Å². The summed E-state index contributed by atoms with van der Waals surface area (Å²) in [5.74, 6) is -0.0519. The maximum atomic E-state index is 13.2. The first-order valence-corrected chi connectivity index (χ1v) is 11.3. The smallest absolute Gasteiger partial charge is 0.274 e. The van der Waals surface area contributed by atoms with E-state index in [1.165, 1.54) is 5.56 Å². The van der Waals surface area contributed by atoms with E-state index < -0.39 is 0 Å². The molecule has 172 valence electrons. The third-order valence-electron chi connectivity index (χ3n) is 6.51. The maximum absolute atomic E-state index is 13.2. The van der Waals surface area contributed by atoms with Gasteiger partial charge in [-0.3, -0.25) is 19.1 Å². The minimum Gasteiger partial charge on any atom is -0.335 e. The van der Waals surface area contributed by atoms with Gasteiger partial charge >= 0.3 is 0 Å². The summed E-state index contributed by atoms with van der Waals surface area (Å²) >= 11 is 0. The Labute approximate surface area is 192 Å². The number of rotatable bonds is 5. The van der Waals surface area contributed by atoms with Crippen LogP contribution in [0.1, 0.15) is 34.4 Å². The molecule has 0 N–H and O–H groups in total. The number of fused-ring (bicyclic) bond motifs is 1. The first kappa shape index (κ1) is 21.3. The molecular formula is C23H29N9O. The molecule has 10 heteroatoms. The Balaban J connectivity index is 1.30. The lowest BCUT2D eigenvalue weighted by atomic mass is 10.2. The van der Waals surface area contributed by atoms with Crippen LogP contribution in [0.4, 0.5) is 0 Å². The minimum absolute atomic E-state index is 0.0519. The predicted octanol–water partition coefficient (Wildman–Crippen LogP) is 1.92. The lowest BCUT2D eigenvalue weighted by Gasteiger charge is -2.34. The number of piperazine rings is 1. The number of nitrogens with zero attached hydrogens (tertiary/aromatic N) is 9. The van der Waals surface area contributed by atoms with Crippen LogP contribution in [0.2, 0.25) is 0 Å². The van der Waals surface area contributed by atoms with Crippen molar-refractivity contribution in [2.45, 2.75) is 33.9 Å². The summed E-state index contributed by atoms with van der Waals surface area (Å²) in [7, 11) is 1.91. The van der Waals surface area contributed by atoms with E-state index in [9.17, 15) is 4.79 Å². The highest BCUT2D eigenvalue weighted by atomic mass is 16.2. The van der Waals surface area contributed by atoms with Crippen LogP contribution in [0.3, 0.4) is 0 Å². The maximum Gasteiger partial charge on any atom is 0.274 e. The van der Waals surface area contributed by atoms with E-state index in [1.54, 1.807) is 16.8 Å². The minimum atomic E-state index is -0.0519. The topological polar surface area (TPSA) is 89.4 Å². The number of hydrogen-bond donors (Lipinski definition) is 0. The average Bonchev–Trinajstić information content (AvgIpc) is 3.51. The van der Waals surface area contributed by atoms with Gasteiger partial charge in [0.1, 0.15) is 0 Å². The molecule has 0 radical (unpaired) electrons. The zero-order valence-electron chi connectivity index (χ0n) is 19.6. The summed E-state index contributed by atoms with van der Waals surface area (Å²) < 4.78 is 5.54. The molecule has 4 aromatic heterocycles. The van der Waals surface area contributed by atoms with E-state index in [2.05, 4.69) is 45.2 Å². The molecule has 0 atom stereocenters. The molecule has 1 amide bonds. The molecule has 1 fully saturated rings. The monoisotopic (exact) mass is 447 g/mol. The Morgan fingerprint density at radius 3 is 2.58 bits per heavy atom. The van der Waals surface area contributed by atoms with Gasteiger partial charge < -0.3 is 4.90 Å². The number of aromatic nitrogens is 7. The molecule has 0 bridgehead atoms. The summed E-state index contributed by atoms with van der Waals surface area (Å²) in [5.41, 5.74) is 6.28. The Bertz CT molecular complexity index is 1310. The quantitative estimate of drug-likeness (QED) is 0.464. The van der Waals surface area contributed by atoms with Crippen LogP contribution >= 0.6 is 0 Å². The second-order valence-electron chi connectivity index (χ2n) is 8.56. The van der Waals surface area contributed by atoms with Crippen LogP contribution < -0.4 is 0 Å². The van der Waals surface area contributed by atoms with Gasteiger partial charge in [0.05, 0.1) is 17.6 Å². The Morgan fingerprint density at radius 2 is 1.91 bits per heavy atom. The largest absolute Gasteiger partial charge is 0.335 e. The SMILES string of the molecule is CCn1cc(CN2CCN(C(=O)c3cc4nccc(-c5cnn(C)c5C)n4n3)CC2)c(C)n1. The van der Waals surface area contributed by atoms with Crippen molar-refractivity contribution in [3.8, 4) is 11.3 Å². The van der Waals surface area contributed by atoms with E-state index in [-0.39, 0.29) is 5.91 Å². The lowest BCUT2D eigenvalue weighted by molar-refractivity contribution is 0.0622. The van der Waals surface area contributed by atoms with Gasteiger partial charge in [-0.1, -0.05) is 0 Å². The van der Waals surface area contributed by atoms with Gasteiger partial charge in [-0.25, -0.2) is 9.50 Å². The van der Waals surface area contributed by atoms with Gasteiger partial charge in [0, 0.05) is 81.6 Å². The highest BCUT2D eigenvalue weighted by Crippen LogP contribution is 2.23. The summed E-state index contributed by atoms with van der Waals surface area (Å²) in [5, 5.41) is 13.5. The van der Waals surface area contributed by atoms with Crippen LogP contribution in [0.25, 0.3) is 16.9 Å². The fourth-order valence-electron chi connectivity index (χ4n) is 4.34. The second-order valence-corrected chi connectivity index (χ2v) is 8.56. The molecule has 4 aromatic rings. The lowest BCUT2D eigenvalue weighted by Crippen LogP contribution is -2.48. The Morgan fingerprint density at radius 1 is 1.12 bits per heavy atom. The first-order valence-electron chi connectivity index (χ1n) is 11.3. The first-order chi connectivity index (χ1) is 15.9. The fraction of sp³-hybridized carbons (Fsp3) is 0.435. The molecule has 0 spiro atoms. The van der Waals surface area contributed by atoms with E-state index >= 15 is 0 Å². The zero-order valence-corrected chi connectivity index (χ0v) is 19.6. The van der Waals surface area contributed by atoms with Gasteiger partial charge in [0.25, 0.3) is 5.91 Å². The van der Waals surface area contributed by atoms with Gasteiger partial charge in [0.2, 0.25) is 0 Å². The molecular weight excluding hydrogens is 418 g/mol. The highest BCUT2D eigenvalue weighted by Gasteiger charge is 2.25. The molecule has 1 aliphatic heterocycles. The normalized spacial score (nSPS) is 15.0. The standard InChI is InChI=1S/C23H29N9O/c1-5-31-15-18(16(2)26-31)14-29-8-10-30(11-9-29)23(33)20-12-22-24-7-6-21(32(22)27-20)19-13-25-28(4)17(19)3/h6-7,12-13,15H,5,8-11,14H2,1-4H3. The van der Waals surface area contributed by atoms with Crippen molar-refractivity contribution in [1.29, 1.82) is 0 Å². The molecule has 1 saturated heterocycles. The van der Waals surface area contributed by atoms with Crippen LogP contribution in [0.15, 0.2) is 30.7 Å². The Hall–Kier alpha value is -3.53. The van der Waals surface area contributed by atoms with Gasteiger partial charge in [0.15, 0.2) is 11.3 Å². The number of hydrogen-bond acceptors (Lipinski definition) is 6. The zero-order chi connectivity index (χ0) is 23.1. The molecule has 0 aromatic carbocycles. The van der Waals surface area contributed by atoms with Crippen LogP contribution in [0, 0.1) is 13.8 Å². The van der Waals surface area contributed by atoms with Crippen molar-refractivity contribution in [2.24, 2.45) is 7.05 Å². The third-order valence-corrected chi connectivity index (χ3v) is 6.51. The van der Waals surface area contributed by atoms with Crippen molar-refractivity contribution in [1.82, 2.24) is 44.0 Å². The predicted molar refractivity (Wildman–Crippen MR) is 124 cm³/mol. The average molecular weight is 448 g/mol. The molecule has 0 unspecified atom stereocenters. The van der Waals surface area contributed by atoms with Crippen molar-refractivity contribution >= 4 is 11.6 Å². The molecule has 10 nitrogen and oxygen atoms in total. The number of aryl methyl sites for hydroxylation is 3. The van der Waals surface area contributed by atoms with Gasteiger partial charge in [-0.05, 0) is 26.8 Å². The number of carbonyl (C=O) groups excluding carboxylic acids is 1. The third kappa shape index (κ3) is 3.91. The van der Waals surface area contributed by atoms with Crippen molar-refractivity contribution in [2.75, 3.05) is 26.2 Å². The van der Waals surface area contributed by atoms with Crippen molar-refractivity contribution in [3.05, 3.63) is 53.4 Å². The molecule has 5 heterocycles. The van der Waals surface area contributed by atoms with Crippen LogP contribution in [-0.4, -0.2) is 76.0 Å².